The van der Waals surface area contributed by atoms with Crippen LogP contribution in [0.3, 0.4) is 0 Å². The number of morpholine rings is 1. The monoisotopic (exact) mass is 396 g/mol. The summed E-state index contributed by atoms with van der Waals surface area (Å²) in [5.41, 5.74) is 0.727. The van der Waals surface area contributed by atoms with Gasteiger partial charge in [-0.1, -0.05) is 18.2 Å². The molecule has 0 unspecified atom stereocenters. The fourth-order valence-electron chi connectivity index (χ4n) is 3.40. The Bertz CT molecular complexity index is 966. The highest BCUT2D eigenvalue weighted by molar-refractivity contribution is 5.93. The zero-order valence-corrected chi connectivity index (χ0v) is 16.6. The number of amides is 1. The molecule has 1 fully saturated rings. The second-order valence-corrected chi connectivity index (χ2v) is 7.01. The van der Waals surface area contributed by atoms with E-state index in [9.17, 15) is 4.79 Å². The zero-order valence-electron chi connectivity index (χ0n) is 16.6. The lowest BCUT2D eigenvalue weighted by Crippen LogP contribution is -2.47. The van der Waals surface area contributed by atoms with Crippen LogP contribution in [0, 0.1) is 13.8 Å². The maximum Gasteiger partial charge on any atom is 0.290 e. The molecule has 0 bridgehead atoms. The lowest BCUT2D eigenvalue weighted by Gasteiger charge is -2.32. The smallest absolute Gasteiger partial charge is 0.290 e. The third-order valence-electron chi connectivity index (χ3n) is 4.84. The predicted molar refractivity (Wildman–Crippen MR) is 105 cm³/mol. The molecule has 1 aromatic carbocycles. The summed E-state index contributed by atoms with van der Waals surface area (Å²) in [5, 5.41) is 4.38. The number of nitrogens with zero attached hydrogens (tertiary/aromatic N) is 4. The molecule has 0 spiro atoms. The molecule has 2 aromatic heterocycles. The second kappa shape index (κ2) is 8.48. The molecular formula is C21H24N4O4. The van der Waals surface area contributed by atoms with Crippen molar-refractivity contribution in [2.75, 3.05) is 19.7 Å². The number of para-hydroxylation sites is 1. The quantitative estimate of drug-likeness (QED) is 0.637. The fourth-order valence-corrected chi connectivity index (χ4v) is 3.40. The molecule has 1 saturated heterocycles. The Kier molecular flexibility index (Phi) is 5.62. The number of carbonyl (C=O) groups is 1. The molecule has 1 aliphatic rings. The number of hydrogen-bond donors (Lipinski definition) is 0. The Morgan fingerprint density at radius 3 is 2.83 bits per heavy atom. The molecule has 152 valence electrons. The second-order valence-electron chi connectivity index (χ2n) is 7.01. The van der Waals surface area contributed by atoms with Gasteiger partial charge in [0.1, 0.15) is 24.0 Å². The van der Waals surface area contributed by atoms with E-state index in [0.717, 1.165) is 23.0 Å². The minimum Gasteiger partial charge on any atom is -0.489 e. The van der Waals surface area contributed by atoms with Crippen molar-refractivity contribution in [2.24, 2.45) is 0 Å². The molecule has 1 aliphatic heterocycles. The first-order valence-corrected chi connectivity index (χ1v) is 9.63. The van der Waals surface area contributed by atoms with E-state index in [4.69, 9.17) is 13.9 Å². The Morgan fingerprint density at radius 2 is 2.07 bits per heavy atom. The molecule has 0 N–H and O–H groups in total. The van der Waals surface area contributed by atoms with Crippen LogP contribution in [0.1, 0.15) is 27.8 Å². The van der Waals surface area contributed by atoms with Crippen LogP contribution in [-0.2, 0) is 17.9 Å². The summed E-state index contributed by atoms with van der Waals surface area (Å²) in [6.07, 6.45) is 1.38. The van der Waals surface area contributed by atoms with Gasteiger partial charge >= 0.3 is 0 Å². The molecule has 4 rings (SSSR count). The molecule has 0 saturated carbocycles. The van der Waals surface area contributed by atoms with E-state index in [1.165, 1.54) is 6.26 Å². The van der Waals surface area contributed by atoms with Crippen LogP contribution in [0.15, 0.2) is 47.1 Å². The maximum atomic E-state index is 13.0. The Morgan fingerprint density at radius 1 is 1.24 bits per heavy atom. The Hall–Kier alpha value is -3.13. The summed E-state index contributed by atoms with van der Waals surface area (Å²) in [6, 6.07) is 11.3. The highest BCUT2D eigenvalue weighted by Gasteiger charge is 2.29. The van der Waals surface area contributed by atoms with E-state index in [-0.39, 0.29) is 18.6 Å². The lowest BCUT2D eigenvalue weighted by atomic mass is 10.2. The molecule has 0 aliphatic carbocycles. The van der Waals surface area contributed by atoms with E-state index in [0.29, 0.717) is 32.0 Å². The summed E-state index contributed by atoms with van der Waals surface area (Å²) in [4.78, 5) is 19.1. The SMILES string of the molecule is Cc1nc(C)n(C[C@H]2CN(C(=O)c3occc3COc3ccccc3)CCO2)n1. The molecule has 3 heterocycles. The van der Waals surface area contributed by atoms with Crippen LogP contribution < -0.4 is 4.74 Å². The summed E-state index contributed by atoms with van der Waals surface area (Å²) in [7, 11) is 0. The van der Waals surface area contributed by atoms with Crippen molar-refractivity contribution >= 4 is 5.91 Å². The number of ether oxygens (including phenoxy) is 2. The molecule has 3 aromatic rings. The van der Waals surface area contributed by atoms with Gasteiger partial charge in [0.25, 0.3) is 5.91 Å². The fraction of sp³-hybridized carbons (Fsp3) is 0.381. The molecule has 29 heavy (non-hydrogen) atoms. The average Bonchev–Trinajstić information content (AvgIpc) is 3.32. The van der Waals surface area contributed by atoms with Gasteiger partial charge in [0.15, 0.2) is 5.76 Å². The van der Waals surface area contributed by atoms with Gasteiger partial charge in [0, 0.05) is 18.7 Å². The van der Waals surface area contributed by atoms with Crippen molar-refractivity contribution in [1.29, 1.82) is 0 Å². The number of aryl methyl sites for hydroxylation is 2. The number of benzene rings is 1. The summed E-state index contributed by atoms with van der Waals surface area (Å²) in [6.45, 7) is 6.05. The van der Waals surface area contributed by atoms with Crippen LogP contribution >= 0.6 is 0 Å². The van der Waals surface area contributed by atoms with E-state index in [1.807, 2.05) is 48.9 Å². The van der Waals surface area contributed by atoms with Gasteiger partial charge in [-0.05, 0) is 32.0 Å². The van der Waals surface area contributed by atoms with Crippen molar-refractivity contribution in [3.05, 3.63) is 65.6 Å². The van der Waals surface area contributed by atoms with Gasteiger partial charge in [0.05, 0.1) is 25.5 Å². The third kappa shape index (κ3) is 4.48. The van der Waals surface area contributed by atoms with Gasteiger partial charge in [-0.3, -0.25) is 4.79 Å². The number of rotatable bonds is 6. The minimum absolute atomic E-state index is 0.147. The van der Waals surface area contributed by atoms with Crippen LogP contribution in [0.25, 0.3) is 0 Å². The van der Waals surface area contributed by atoms with Gasteiger partial charge in [-0.15, -0.1) is 0 Å². The highest BCUT2D eigenvalue weighted by atomic mass is 16.5. The first-order valence-electron chi connectivity index (χ1n) is 9.63. The Labute approximate surface area is 169 Å². The van der Waals surface area contributed by atoms with E-state index in [1.54, 1.807) is 11.0 Å². The highest BCUT2D eigenvalue weighted by Crippen LogP contribution is 2.19. The van der Waals surface area contributed by atoms with Gasteiger partial charge < -0.3 is 18.8 Å². The average molecular weight is 396 g/mol. The van der Waals surface area contributed by atoms with Crippen molar-refractivity contribution in [1.82, 2.24) is 19.7 Å². The molecule has 8 nitrogen and oxygen atoms in total. The van der Waals surface area contributed by atoms with Crippen molar-refractivity contribution in [3.8, 4) is 5.75 Å². The van der Waals surface area contributed by atoms with Crippen LogP contribution in [0.5, 0.6) is 5.75 Å². The van der Waals surface area contributed by atoms with E-state index in [2.05, 4.69) is 10.1 Å². The Balaban J connectivity index is 1.40. The molecule has 0 radical (unpaired) electrons. The van der Waals surface area contributed by atoms with Gasteiger partial charge in [-0.25, -0.2) is 9.67 Å². The van der Waals surface area contributed by atoms with Crippen molar-refractivity contribution < 1.29 is 18.7 Å². The summed E-state index contributed by atoms with van der Waals surface area (Å²) < 4.78 is 18.9. The number of carbonyl (C=O) groups excluding carboxylic acids is 1. The first kappa shape index (κ1) is 19.2. The largest absolute Gasteiger partial charge is 0.489 e. The van der Waals surface area contributed by atoms with Crippen LogP contribution in [0.4, 0.5) is 0 Å². The molecule has 1 amide bonds. The third-order valence-corrected chi connectivity index (χ3v) is 4.84. The van der Waals surface area contributed by atoms with Crippen LogP contribution in [0.2, 0.25) is 0 Å². The molecule has 1 atom stereocenters. The molecular weight excluding hydrogens is 372 g/mol. The van der Waals surface area contributed by atoms with Gasteiger partial charge in [-0.2, -0.15) is 5.10 Å². The minimum atomic E-state index is -0.151. The lowest BCUT2D eigenvalue weighted by molar-refractivity contribution is -0.0312. The maximum absolute atomic E-state index is 13.0. The summed E-state index contributed by atoms with van der Waals surface area (Å²) >= 11 is 0. The van der Waals surface area contributed by atoms with Crippen molar-refractivity contribution in [2.45, 2.75) is 33.1 Å². The standard InChI is InChI=1S/C21H24N4O4/c1-15-22-16(2)25(23-15)13-19-12-24(9-11-27-19)21(26)20-17(8-10-28-20)14-29-18-6-4-3-5-7-18/h3-8,10,19H,9,11-14H2,1-2H3/t19-/m1/s1. The molecule has 8 heteroatoms. The summed E-state index contributed by atoms with van der Waals surface area (Å²) in [5.74, 6) is 2.47. The van der Waals surface area contributed by atoms with Crippen molar-refractivity contribution in [3.63, 3.8) is 0 Å². The first-order chi connectivity index (χ1) is 14.1. The topological polar surface area (TPSA) is 82.6 Å². The number of aromatic nitrogens is 3. The van der Waals surface area contributed by atoms with Gasteiger partial charge in [0.2, 0.25) is 0 Å². The van der Waals surface area contributed by atoms with E-state index >= 15 is 0 Å². The zero-order chi connectivity index (χ0) is 20.2. The number of hydrogen-bond acceptors (Lipinski definition) is 6. The predicted octanol–water partition coefficient (Wildman–Crippen LogP) is 2.61. The van der Waals surface area contributed by atoms with E-state index < -0.39 is 0 Å². The normalized spacial score (nSPS) is 16.8. The van der Waals surface area contributed by atoms with Crippen LogP contribution in [-0.4, -0.2) is 51.4 Å². The number of furan rings is 1.